The number of rotatable bonds is 9. The van der Waals surface area contributed by atoms with Crippen LogP contribution in [0.2, 0.25) is 0 Å². The molecular weight excluding hydrogens is 178 g/mol. The maximum atomic E-state index is 11.4. The highest BCUT2D eigenvalue weighted by atomic mass is 16.5. The lowest BCUT2D eigenvalue weighted by molar-refractivity contribution is -0.130. The summed E-state index contributed by atoms with van der Waals surface area (Å²) in [7, 11) is 0. The second kappa shape index (κ2) is 9.16. The van der Waals surface area contributed by atoms with Gasteiger partial charge in [0, 0.05) is 19.6 Å². The van der Waals surface area contributed by atoms with E-state index in [2.05, 4.69) is 6.92 Å². The number of carbonyl (C=O) groups is 1. The zero-order chi connectivity index (χ0) is 10.8. The number of nitrogens with two attached hydrogens (primary N) is 1. The van der Waals surface area contributed by atoms with Gasteiger partial charge in [-0.05, 0) is 12.8 Å². The molecule has 0 aliphatic rings. The standard InChI is InChI=1S/C11H23NO2/c1-3-5-6-8-14-11(9-12)10(13)7-4-2/h11H,3-9,12H2,1-2H3. The molecule has 1 atom stereocenters. The van der Waals surface area contributed by atoms with Gasteiger partial charge in [0.05, 0.1) is 0 Å². The van der Waals surface area contributed by atoms with Crippen LogP contribution in [0.1, 0.15) is 46.0 Å². The van der Waals surface area contributed by atoms with Crippen LogP contribution in [0.15, 0.2) is 0 Å². The summed E-state index contributed by atoms with van der Waals surface area (Å²) in [5.41, 5.74) is 5.47. The molecule has 0 aromatic carbocycles. The van der Waals surface area contributed by atoms with Crippen molar-refractivity contribution in [1.29, 1.82) is 0 Å². The molecule has 1 unspecified atom stereocenters. The second-order valence-electron chi connectivity index (χ2n) is 3.52. The van der Waals surface area contributed by atoms with E-state index in [0.29, 0.717) is 19.6 Å². The van der Waals surface area contributed by atoms with Crippen molar-refractivity contribution < 1.29 is 9.53 Å². The highest BCUT2D eigenvalue weighted by molar-refractivity contribution is 5.83. The van der Waals surface area contributed by atoms with Gasteiger partial charge < -0.3 is 10.5 Å². The first-order valence-corrected chi connectivity index (χ1v) is 5.60. The number of ether oxygens (including phenoxy) is 1. The van der Waals surface area contributed by atoms with Crippen molar-refractivity contribution in [2.24, 2.45) is 5.73 Å². The van der Waals surface area contributed by atoms with Gasteiger partial charge in [-0.2, -0.15) is 0 Å². The van der Waals surface area contributed by atoms with Crippen molar-refractivity contribution in [3.63, 3.8) is 0 Å². The van der Waals surface area contributed by atoms with Crippen molar-refractivity contribution >= 4 is 5.78 Å². The van der Waals surface area contributed by atoms with Gasteiger partial charge in [0.25, 0.3) is 0 Å². The first kappa shape index (κ1) is 13.6. The van der Waals surface area contributed by atoms with Gasteiger partial charge in [-0.25, -0.2) is 0 Å². The molecule has 0 aromatic rings. The maximum absolute atomic E-state index is 11.4. The van der Waals surface area contributed by atoms with Gasteiger partial charge in [-0.1, -0.05) is 26.7 Å². The minimum atomic E-state index is -0.369. The van der Waals surface area contributed by atoms with Crippen LogP contribution in [0, 0.1) is 0 Å². The molecule has 0 rings (SSSR count). The molecule has 0 fully saturated rings. The van der Waals surface area contributed by atoms with E-state index in [1.54, 1.807) is 0 Å². The van der Waals surface area contributed by atoms with Gasteiger partial charge in [0.1, 0.15) is 6.10 Å². The highest BCUT2D eigenvalue weighted by Crippen LogP contribution is 2.02. The lowest BCUT2D eigenvalue weighted by Crippen LogP contribution is -2.32. The van der Waals surface area contributed by atoms with Crippen molar-refractivity contribution in [2.75, 3.05) is 13.2 Å². The van der Waals surface area contributed by atoms with Gasteiger partial charge in [-0.3, -0.25) is 4.79 Å². The van der Waals surface area contributed by atoms with E-state index in [4.69, 9.17) is 10.5 Å². The van der Waals surface area contributed by atoms with E-state index in [0.717, 1.165) is 19.3 Å². The predicted molar refractivity (Wildman–Crippen MR) is 58.2 cm³/mol. The number of unbranched alkanes of at least 4 members (excludes halogenated alkanes) is 2. The Morgan fingerprint density at radius 2 is 2.00 bits per heavy atom. The van der Waals surface area contributed by atoms with Crippen molar-refractivity contribution in [1.82, 2.24) is 0 Å². The SMILES string of the molecule is CCCCCOC(CN)C(=O)CCC. The molecule has 0 saturated carbocycles. The Bertz CT molecular complexity index is 148. The fraction of sp³-hybridized carbons (Fsp3) is 0.909. The lowest BCUT2D eigenvalue weighted by atomic mass is 10.1. The molecule has 0 spiro atoms. The Labute approximate surface area is 87.0 Å². The lowest BCUT2D eigenvalue weighted by Gasteiger charge is -2.14. The van der Waals surface area contributed by atoms with Crippen molar-refractivity contribution in [3.8, 4) is 0 Å². The molecule has 0 aliphatic carbocycles. The molecule has 2 N–H and O–H groups in total. The summed E-state index contributed by atoms with van der Waals surface area (Å²) in [6.07, 6.45) is 4.42. The quantitative estimate of drug-likeness (QED) is 0.580. The summed E-state index contributed by atoms with van der Waals surface area (Å²) in [5.74, 6) is 0.145. The average molecular weight is 201 g/mol. The number of carbonyl (C=O) groups excluding carboxylic acids is 1. The van der Waals surface area contributed by atoms with Crippen molar-refractivity contribution in [2.45, 2.75) is 52.1 Å². The Hall–Kier alpha value is -0.410. The topological polar surface area (TPSA) is 52.3 Å². The Balaban J connectivity index is 3.62. The molecule has 0 aromatic heterocycles. The Morgan fingerprint density at radius 3 is 2.50 bits per heavy atom. The summed E-state index contributed by atoms with van der Waals surface area (Å²) in [5, 5.41) is 0. The molecule has 3 heteroatoms. The predicted octanol–water partition coefficient (Wildman–Crippen LogP) is 1.89. The van der Waals surface area contributed by atoms with Gasteiger partial charge >= 0.3 is 0 Å². The van der Waals surface area contributed by atoms with Crippen LogP contribution in [0.4, 0.5) is 0 Å². The van der Waals surface area contributed by atoms with E-state index in [1.165, 1.54) is 6.42 Å². The molecule has 14 heavy (non-hydrogen) atoms. The molecule has 0 radical (unpaired) electrons. The molecule has 0 heterocycles. The summed E-state index contributed by atoms with van der Waals surface area (Å²) in [6.45, 7) is 5.10. The van der Waals surface area contributed by atoms with E-state index >= 15 is 0 Å². The van der Waals surface area contributed by atoms with Crippen LogP contribution >= 0.6 is 0 Å². The average Bonchev–Trinajstić information content (AvgIpc) is 2.18. The summed E-state index contributed by atoms with van der Waals surface area (Å²) in [6, 6.07) is 0. The molecule has 0 bridgehead atoms. The van der Waals surface area contributed by atoms with Crippen molar-refractivity contribution in [3.05, 3.63) is 0 Å². The molecular formula is C11H23NO2. The minimum Gasteiger partial charge on any atom is -0.369 e. The fourth-order valence-electron chi connectivity index (χ4n) is 1.28. The number of hydrogen-bond donors (Lipinski definition) is 1. The van der Waals surface area contributed by atoms with Gasteiger partial charge in [0.2, 0.25) is 0 Å². The van der Waals surface area contributed by atoms with Crippen LogP contribution in [-0.2, 0) is 9.53 Å². The first-order chi connectivity index (χ1) is 6.76. The molecule has 0 saturated heterocycles. The smallest absolute Gasteiger partial charge is 0.162 e. The minimum absolute atomic E-state index is 0.145. The van der Waals surface area contributed by atoms with E-state index < -0.39 is 0 Å². The van der Waals surface area contributed by atoms with Crippen LogP contribution in [0.3, 0.4) is 0 Å². The number of Topliss-reactive ketones (excluding diaryl/α,β-unsaturated/α-hetero) is 1. The normalized spacial score (nSPS) is 12.8. The van der Waals surface area contributed by atoms with Crippen LogP contribution < -0.4 is 5.73 Å². The van der Waals surface area contributed by atoms with Gasteiger partial charge in [0.15, 0.2) is 5.78 Å². The third kappa shape index (κ3) is 6.11. The zero-order valence-electron chi connectivity index (χ0n) is 9.42. The summed E-state index contributed by atoms with van der Waals surface area (Å²) >= 11 is 0. The fourth-order valence-corrected chi connectivity index (χ4v) is 1.28. The summed E-state index contributed by atoms with van der Waals surface area (Å²) in [4.78, 5) is 11.4. The third-order valence-corrected chi connectivity index (χ3v) is 2.14. The number of hydrogen-bond acceptors (Lipinski definition) is 3. The van der Waals surface area contributed by atoms with Crippen LogP contribution in [-0.4, -0.2) is 25.0 Å². The molecule has 0 amide bonds. The largest absolute Gasteiger partial charge is 0.369 e. The number of ketones is 1. The van der Waals surface area contributed by atoms with E-state index in [1.807, 2.05) is 6.92 Å². The highest BCUT2D eigenvalue weighted by Gasteiger charge is 2.15. The Kier molecular flexibility index (Phi) is 8.89. The summed E-state index contributed by atoms with van der Waals surface area (Å²) < 4.78 is 5.43. The zero-order valence-corrected chi connectivity index (χ0v) is 9.42. The monoisotopic (exact) mass is 201 g/mol. The third-order valence-electron chi connectivity index (χ3n) is 2.14. The molecule has 84 valence electrons. The Morgan fingerprint density at radius 1 is 1.29 bits per heavy atom. The van der Waals surface area contributed by atoms with E-state index in [9.17, 15) is 4.79 Å². The maximum Gasteiger partial charge on any atom is 0.162 e. The first-order valence-electron chi connectivity index (χ1n) is 5.60. The second-order valence-corrected chi connectivity index (χ2v) is 3.52. The van der Waals surface area contributed by atoms with E-state index in [-0.39, 0.29) is 11.9 Å². The molecule has 0 aliphatic heterocycles. The van der Waals surface area contributed by atoms with Crippen LogP contribution in [0.5, 0.6) is 0 Å². The molecule has 3 nitrogen and oxygen atoms in total. The van der Waals surface area contributed by atoms with Crippen LogP contribution in [0.25, 0.3) is 0 Å². The van der Waals surface area contributed by atoms with Gasteiger partial charge in [-0.15, -0.1) is 0 Å².